The Morgan fingerprint density at radius 3 is 2.50 bits per heavy atom. The van der Waals surface area contributed by atoms with Gasteiger partial charge in [0, 0.05) is 36.5 Å². The maximum atomic E-state index is 12.3. The van der Waals surface area contributed by atoms with Gasteiger partial charge in [0.15, 0.2) is 0 Å². The number of carbonyl (C=O) groups excluding carboxylic acids is 2. The van der Waals surface area contributed by atoms with Crippen molar-refractivity contribution in [2.75, 3.05) is 31.0 Å². The van der Waals surface area contributed by atoms with E-state index in [-0.39, 0.29) is 24.4 Å². The van der Waals surface area contributed by atoms with Gasteiger partial charge < -0.3 is 25.0 Å². The van der Waals surface area contributed by atoms with Crippen molar-refractivity contribution < 1.29 is 19.1 Å². The number of rotatable bonds is 5. The lowest BCUT2D eigenvalue weighted by atomic mass is 10.2. The molecule has 1 fully saturated rings. The van der Waals surface area contributed by atoms with Crippen molar-refractivity contribution in [3.05, 3.63) is 48.5 Å². The van der Waals surface area contributed by atoms with Gasteiger partial charge in [0.1, 0.15) is 11.5 Å². The minimum Gasteiger partial charge on any atom is -0.497 e. The van der Waals surface area contributed by atoms with Gasteiger partial charge in [0.05, 0.1) is 20.3 Å². The highest BCUT2D eigenvalue weighted by molar-refractivity contribution is 5.97. The molecule has 1 heterocycles. The standard InChI is InChI=1S/C19H21N3O4/c1-25-16-7-3-5-13(9-16)20-19(24)21-14-10-18(23)22(12-14)15-6-4-8-17(11-15)26-2/h3-9,11,14H,10,12H2,1-2H3,(H2,20,21,24). The van der Waals surface area contributed by atoms with Crippen molar-refractivity contribution in [2.24, 2.45) is 0 Å². The van der Waals surface area contributed by atoms with Gasteiger partial charge in [-0.15, -0.1) is 0 Å². The van der Waals surface area contributed by atoms with Crippen molar-refractivity contribution >= 4 is 23.3 Å². The van der Waals surface area contributed by atoms with Crippen LogP contribution in [0.4, 0.5) is 16.2 Å². The van der Waals surface area contributed by atoms with Crippen LogP contribution in [0.15, 0.2) is 48.5 Å². The average Bonchev–Trinajstić information content (AvgIpc) is 3.01. The van der Waals surface area contributed by atoms with Crippen LogP contribution in [-0.2, 0) is 4.79 Å². The molecule has 7 heteroatoms. The molecular formula is C19H21N3O4. The summed E-state index contributed by atoms with van der Waals surface area (Å²) in [6.45, 7) is 0.414. The molecule has 1 aliphatic heterocycles. The van der Waals surface area contributed by atoms with E-state index in [2.05, 4.69) is 10.6 Å². The molecule has 1 aliphatic rings. The first-order chi connectivity index (χ1) is 12.6. The summed E-state index contributed by atoms with van der Waals surface area (Å²) in [4.78, 5) is 26.2. The van der Waals surface area contributed by atoms with Crippen molar-refractivity contribution in [3.63, 3.8) is 0 Å². The fourth-order valence-electron chi connectivity index (χ4n) is 2.89. The van der Waals surface area contributed by atoms with Crippen molar-refractivity contribution in [1.29, 1.82) is 0 Å². The van der Waals surface area contributed by atoms with Crippen LogP contribution in [0.5, 0.6) is 11.5 Å². The van der Waals surface area contributed by atoms with E-state index < -0.39 is 0 Å². The second-order valence-corrected chi connectivity index (χ2v) is 5.94. The molecule has 3 rings (SSSR count). The molecule has 136 valence electrons. The van der Waals surface area contributed by atoms with Gasteiger partial charge in [-0.2, -0.15) is 0 Å². The normalized spacial score (nSPS) is 16.3. The predicted molar refractivity (Wildman–Crippen MR) is 98.9 cm³/mol. The second kappa shape index (κ2) is 7.77. The van der Waals surface area contributed by atoms with Crippen LogP contribution in [0.3, 0.4) is 0 Å². The number of nitrogens with one attached hydrogen (secondary N) is 2. The molecule has 1 atom stereocenters. The maximum Gasteiger partial charge on any atom is 0.319 e. The van der Waals surface area contributed by atoms with Gasteiger partial charge in [-0.3, -0.25) is 4.79 Å². The summed E-state index contributed by atoms with van der Waals surface area (Å²) >= 11 is 0. The van der Waals surface area contributed by atoms with Crippen LogP contribution in [0.1, 0.15) is 6.42 Å². The van der Waals surface area contributed by atoms with Crippen LogP contribution in [-0.4, -0.2) is 38.7 Å². The highest BCUT2D eigenvalue weighted by atomic mass is 16.5. The largest absolute Gasteiger partial charge is 0.497 e. The summed E-state index contributed by atoms with van der Waals surface area (Å²) in [6, 6.07) is 13.8. The molecule has 1 unspecified atom stereocenters. The Morgan fingerprint density at radius 2 is 1.77 bits per heavy atom. The number of anilines is 2. The number of urea groups is 1. The maximum absolute atomic E-state index is 12.3. The van der Waals surface area contributed by atoms with E-state index in [1.807, 2.05) is 18.2 Å². The van der Waals surface area contributed by atoms with Crippen LogP contribution in [0.2, 0.25) is 0 Å². The van der Waals surface area contributed by atoms with Crippen LogP contribution in [0.25, 0.3) is 0 Å². The summed E-state index contributed by atoms with van der Waals surface area (Å²) < 4.78 is 10.3. The fraction of sp³-hybridized carbons (Fsp3) is 0.263. The summed E-state index contributed by atoms with van der Waals surface area (Å²) in [7, 11) is 3.15. The number of ether oxygens (including phenoxy) is 2. The number of methoxy groups -OCH3 is 2. The number of nitrogens with zero attached hydrogens (tertiary/aromatic N) is 1. The highest BCUT2D eigenvalue weighted by Gasteiger charge is 2.31. The Bertz CT molecular complexity index is 809. The third kappa shape index (κ3) is 4.05. The molecule has 26 heavy (non-hydrogen) atoms. The van der Waals surface area contributed by atoms with Gasteiger partial charge in [-0.05, 0) is 24.3 Å². The SMILES string of the molecule is COc1cccc(NC(=O)NC2CC(=O)N(c3cccc(OC)c3)C2)c1. The number of benzene rings is 2. The lowest BCUT2D eigenvalue weighted by molar-refractivity contribution is -0.117. The van der Waals surface area contributed by atoms with E-state index in [4.69, 9.17) is 9.47 Å². The zero-order valence-corrected chi connectivity index (χ0v) is 14.7. The number of carbonyl (C=O) groups is 2. The summed E-state index contributed by atoms with van der Waals surface area (Å²) in [5.74, 6) is 1.30. The molecule has 0 spiro atoms. The first-order valence-electron chi connectivity index (χ1n) is 8.25. The molecule has 0 saturated carbocycles. The molecule has 0 radical (unpaired) electrons. The molecule has 0 aliphatic carbocycles. The zero-order chi connectivity index (χ0) is 18.5. The Balaban J connectivity index is 1.60. The first kappa shape index (κ1) is 17.6. The Labute approximate surface area is 151 Å². The fourth-order valence-corrected chi connectivity index (χ4v) is 2.89. The van der Waals surface area contributed by atoms with Crippen molar-refractivity contribution in [1.82, 2.24) is 5.32 Å². The third-order valence-electron chi connectivity index (χ3n) is 4.15. The minimum atomic E-state index is -0.358. The molecule has 0 bridgehead atoms. The topological polar surface area (TPSA) is 79.9 Å². The number of hydrogen-bond donors (Lipinski definition) is 2. The molecule has 1 saturated heterocycles. The smallest absolute Gasteiger partial charge is 0.319 e. The number of amides is 3. The first-order valence-corrected chi connectivity index (χ1v) is 8.25. The van der Waals surface area contributed by atoms with E-state index in [0.717, 1.165) is 5.69 Å². The van der Waals surface area contributed by atoms with E-state index >= 15 is 0 Å². The van der Waals surface area contributed by atoms with E-state index in [1.54, 1.807) is 49.5 Å². The van der Waals surface area contributed by atoms with Gasteiger partial charge in [0.2, 0.25) is 5.91 Å². The number of hydrogen-bond acceptors (Lipinski definition) is 4. The molecule has 0 aromatic heterocycles. The minimum absolute atomic E-state index is 0.0371. The lowest BCUT2D eigenvalue weighted by Gasteiger charge is -2.18. The van der Waals surface area contributed by atoms with Crippen molar-refractivity contribution in [2.45, 2.75) is 12.5 Å². The van der Waals surface area contributed by atoms with E-state index in [0.29, 0.717) is 23.7 Å². The highest BCUT2D eigenvalue weighted by Crippen LogP contribution is 2.25. The van der Waals surface area contributed by atoms with Crippen molar-refractivity contribution in [3.8, 4) is 11.5 Å². The molecule has 7 nitrogen and oxygen atoms in total. The van der Waals surface area contributed by atoms with Crippen LogP contribution >= 0.6 is 0 Å². The van der Waals surface area contributed by atoms with Crippen LogP contribution in [0, 0.1) is 0 Å². The Hall–Kier alpha value is -3.22. The lowest BCUT2D eigenvalue weighted by Crippen LogP contribution is -2.39. The molecule has 2 aromatic carbocycles. The van der Waals surface area contributed by atoms with Crippen LogP contribution < -0.4 is 25.0 Å². The zero-order valence-electron chi connectivity index (χ0n) is 14.7. The third-order valence-corrected chi connectivity index (χ3v) is 4.15. The molecule has 2 aromatic rings. The van der Waals surface area contributed by atoms with Gasteiger partial charge >= 0.3 is 6.03 Å². The summed E-state index contributed by atoms with van der Waals surface area (Å²) in [6.07, 6.45) is 0.253. The predicted octanol–water partition coefficient (Wildman–Crippen LogP) is 2.63. The van der Waals surface area contributed by atoms with Gasteiger partial charge in [-0.1, -0.05) is 12.1 Å². The average molecular weight is 355 g/mol. The Kier molecular flexibility index (Phi) is 5.26. The Morgan fingerprint density at radius 1 is 1.08 bits per heavy atom. The molecule has 2 N–H and O–H groups in total. The van der Waals surface area contributed by atoms with Gasteiger partial charge in [-0.25, -0.2) is 4.79 Å². The van der Waals surface area contributed by atoms with E-state index in [9.17, 15) is 9.59 Å². The monoisotopic (exact) mass is 355 g/mol. The molecule has 3 amide bonds. The molecular weight excluding hydrogens is 334 g/mol. The van der Waals surface area contributed by atoms with Gasteiger partial charge in [0.25, 0.3) is 0 Å². The quantitative estimate of drug-likeness (QED) is 0.864. The second-order valence-electron chi connectivity index (χ2n) is 5.94. The summed E-state index contributed by atoms with van der Waals surface area (Å²) in [5, 5.41) is 5.59. The summed E-state index contributed by atoms with van der Waals surface area (Å²) in [5.41, 5.74) is 1.38. The van der Waals surface area contributed by atoms with E-state index in [1.165, 1.54) is 0 Å².